The van der Waals surface area contributed by atoms with Gasteiger partial charge in [0.25, 0.3) is 0 Å². The number of piperidine rings is 1. The largest absolute Gasteiger partial charge is 0.433 e. The lowest BCUT2D eigenvalue weighted by Crippen LogP contribution is -2.69. The van der Waals surface area contributed by atoms with Gasteiger partial charge in [-0.1, -0.05) is 6.07 Å². The summed E-state index contributed by atoms with van der Waals surface area (Å²) < 4.78 is 38.7. The molecule has 2 unspecified atom stereocenters. The van der Waals surface area contributed by atoms with Gasteiger partial charge in [0.15, 0.2) is 0 Å². The van der Waals surface area contributed by atoms with E-state index in [1.807, 2.05) is 0 Å². The van der Waals surface area contributed by atoms with Crippen LogP contribution in [0.5, 0.6) is 0 Å². The minimum absolute atomic E-state index is 0.0690. The SMILES string of the molecule is CC(=O)Nc1cccc(NC(=O)CN2C3CC2CN(c2cc(C(F)(F)F)ncn2)C3)c1. The summed E-state index contributed by atoms with van der Waals surface area (Å²) in [4.78, 5) is 34.8. The molecule has 1 aromatic heterocycles. The number of benzene rings is 1. The van der Waals surface area contributed by atoms with Crippen LogP contribution in [0.3, 0.4) is 0 Å². The van der Waals surface area contributed by atoms with Gasteiger partial charge in [0.2, 0.25) is 11.8 Å². The Bertz CT molecular complexity index is 987. The van der Waals surface area contributed by atoms with Crippen molar-refractivity contribution < 1.29 is 22.8 Å². The average Bonchev–Trinajstić information content (AvgIpc) is 2.71. The summed E-state index contributed by atoms with van der Waals surface area (Å²) in [6.45, 7) is 2.58. The van der Waals surface area contributed by atoms with E-state index in [9.17, 15) is 22.8 Å². The third kappa shape index (κ3) is 4.76. The van der Waals surface area contributed by atoms with Crippen molar-refractivity contribution in [1.82, 2.24) is 14.9 Å². The van der Waals surface area contributed by atoms with E-state index in [-0.39, 0.29) is 36.3 Å². The Balaban J connectivity index is 1.34. The summed E-state index contributed by atoms with van der Waals surface area (Å²) in [6, 6.07) is 7.96. The number of carbonyl (C=O) groups is 2. The van der Waals surface area contributed by atoms with E-state index in [0.717, 1.165) is 18.8 Å². The lowest BCUT2D eigenvalue weighted by atomic mass is 9.87. The van der Waals surface area contributed by atoms with Gasteiger partial charge in [-0.25, -0.2) is 9.97 Å². The van der Waals surface area contributed by atoms with Crippen LogP contribution < -0.4 is 15.5 Å². The Morgan fingerprint density at radius 3 is 2.42 bits per heavy atom. The number of anilines is 3. The molecule has 2 N–H and O–H groups in total. The highest BCUT2D eigenvalue weighted by Gasteiger charge is 2.45. The number of nitrogens with one attached hydrogen (secondary N) is 2. The van der Waals surface area contributed by atoms with E-state index in [1.165, 1.54) is 6.92 Å². The minimum atomic E-state index is -4.52. The van der Waals surface area contributed by atoms with Gasteiger partial charge in [-0.2, -0.15) is 13.2 Å². The monoisotopic (exact) mass is 434 g/mol. The number of hydrogen-bond acceptors (Lipinski definition) is 6. The van der Waals surface area contributed by atoms with E-state index in [1.54, 1.807) is 29.2 Å². The topological polar surface area (TPSA) is 90.5 Å². The molecule has 11 heteroatoms. The maximum absolute atomic E-state index is 12.9. The first-order valence-electron chi connectivity index (χ1n) is 9.76. The van der Waals surface area contributed by atoms with E-state index < -0.39 is 11.9 Å². The molecule has 5 rings (SSSR count). The van der Waals surface area contributed by atoms with Crippen molar-refractivity contribution in [2.45, 2.75) is 31.6 Å². The van der Waals surface area contributed by atoms with Gasteiger partial charge in [0.1, 0.15) is 17.8 Å². The quantitative estimate of drug-likeness (QED) is 0.751. The third-order valence-corrected chi connectivity index (χ3v) is 5.40. The van der Waals surface area contributed by atoms with E-state index in [0.29, 0.717) is 24.5 Å². The third-order valence-electron chi connectivity index (χ3n) is 5.40. The Kier molecular flexibility index (Phi) is 5.52. The predicted molar refractivity (Wildman–Crippen MR) is 108 cm³/mol. The first-order valence-corrected chi connectivity index (χ1v) is 9.76. The molecule has 3 saturated heterocycles. The van der Waals surface area contributed by atoms with Gasteiger partial charge < -0.3 is 15.5 Å². The molecule has 3 aliphatic heterocycles. The fraction of sp³-hybridized carbons (Fsp3) is 0.400. The Hall–Kier alpha value is -3.21. The Labute approximate surface area is 176 Å². The normalized spacial score (nSPS) is 20.7. The van der Waals surface area contributed by atoms with Crippen molar-refractivity contribution in [3.05, 3.63) is 42.4 Å². The van der Waals surface area contributed by atoms with E-state index in [2.05, 4.69) is 25.5 Å². The summed E-state index contributed by atoms with van der Waals surface area (Å²) in [5.74, 6) is -0.145. The lowest BCUT2D eigenvalue weighted by Gasteiger charge is -2.56. The number of alkyl halides is 3. The van der Waals surface area contributed by atoms with Gasteiger partial charge >= 0.3 is 6.18 Å². The van der Waals surface area contributed by atoms with Gasteiger partial charge in [0, 0.05) is 49.5 Å². The fourth-order valence-corrected chi connectivity index (χ4v) is 4.05. The van der Waals surface area contributed by atoms with Crippen LogP contribution in [0.4, 0.5) is 30.4 Å². The van der Waals surface area contributed by atoms with Crippen LogP contribution >= 0.6 is 0 Å². The molecular formula is C20H21F3N6O2. The Morgan fingerprint density at radius 2 is 1.77 bits per heavy atom. The van der Waals surface area contributed by atoms with Crippen molar-refractivity contribution in [2.24, 2.45) is 0 Å². The van der Waals surface area contributed by atoms with Crippen LogP contribution in [-0.2, 0) is 15.8 Å². The molecule has 2 bridgehead atoms. The van der Waals surface area contributed by atoms with Gasteiger partial charge in [-0.15, -0.1) is 0 Å². The second kappa shape index (κ2) is 8.14. The highest BCUT2D eigenvalue weighted by Crippen LogP contribution is 2.35. The zero-order chi connectivity index (χ0) is 22.2. The molecular weight excluding hydrogens is 413 g/mol. The number of halogens is 3. The summed E-state index contributed by atoms with van der Waals surface area (Å²) >= 11 is 0. The summed E-state index contributed by atoms with van der Waals surface area (Å²) in [5, 5.41) is 5.48. The number of aromatic nitrogens is 2. The molecule has 0 radical (unpaired) electrons. The second-order valence-electron chi connectivity index (χ2n) is 7.69. The first-order chi connectivity index (χ1) is 14.7. The molecule has 0 spiro atoms. The molecule has 2 aromatic rings. The molecule has 3 aliphatic rings. The van der Waals surface area contributed by atoms with Crippen molar-refractivity contribution in [1.29, 1.82) is 0 Å². The van der Waals surface area contributed by atoms with Gasteiger partial charge in [-0.05, 0) is 24.6 Å². The molecule has 1 aromatic carbocycles. The average molecular weight is 434 g/mol. The number of nitrogens with zero attached hydrogens (tertiary/aromatic N) is 4. The molecule has 3 fully saturated rings. The van der Waals surface area contributed by atoms with Crippen LogP contribution in [0, 0.1) is 0 Å². The summed E-state index contributed by atoms with van der Waals surface area (Å²) in [5.41, 5.74) is 0.198. The summed E-state index contributed by atoms with van der Waals surface area (Å²) in [7, 11) is 0. The van der Waals surface area contributed by atoms with Crippen LogP contribution in [0.2, 0.25) is 0 Å². The highest BCUT2D eigenvalue weighted by molar-refractivity contribution is 5.94. The van der Waals surface area contributed by atoms with Crippen molar-refractivity contribution in [3.8, 4) is 0 Å². The van der Waals surface area contributed by atoms with Crippen molar-refractivity contribution >= 4 is 29.0 Å². The predicted octanol–water partition coefficient (Wildman–Crippen LogP) is 2.36. The molecule has 4 heterocycles. The maximum Gasteiger partial charge on any atom is 0.433 e. The summed E-state index contributed by atoms with van der Waals surface area (Å²) in [6.07, 6.45) is -2.70. The lowest BCUT2D eigenvalue weighted by molar-refractivity contribution is -0.141. The van der Waals surface area contributed by atoms with Crippen molar-refractivity contribution in [3.63, 3.8) is 0 Å². The zero-order valence-corrected chi connectivity index (χ0v) is 16.7. The van der Waals surface area contributed by atoms with Crippen LogP contribution in [0.15, 0.2) is 36.7 Å². The van der Waals surface area contributed by atoms with Crippen LogP contribution in [0.25, 0.3) is 0 Å². The molecule has 2 amide bonds. The number of fused-ring (bicyclic) bond motifs is 2. The second-order valence-corrected chi connectivity index (χ2v) is 7.69. The molecule has 0 aliphatic carbocycles. The Morgan fingerprint density at radius 1 is 1.10 bits per heavy atom. The molecule has 2 atom stereocenters. The smallest absolute Gasteiger partial charge is 0.353 e. The zero-order valence-electron chi connectivity index (χ0n) is 16.7. The molecule has 164 valence electrons. The van der Waals surface area contributed by atoms with Gasteiger partial charge in [-0.3, -0.25) is 14.5 Å². The fourth-order valence-electron chi connectivity index (χ4n) is 4.05. The minimum Gasteiger partial charge on any atom is -0.353 e. The van der Waals surface area contributed by atoms with E-state index >= 15 is 0 Å². The number of rotatable bonds is 5. The molecule has 8 nitrogen and oxygen atoms in total. The van der Waals surface area contributed by atoms with Crippen molar-refractivity contribution in [2.75, 3.05) is 35.2 Å². The van der Waals surface area contributed by atoms with Crippen LogP contribution in [-0.4, -0.2) is 58.4 Å². The number of amides is 2. The number of piperazine rings is 1. The number of hydrogen-bond donors (Lipinski definition) is 2. The van der Waals surface area contributed by atoms with E-state index in [4.69, 9.17) is 0 Å². The van der Waals surface area contributed by atoms with Crippen LogP contribution in [0.1, 0.15) is 19.0 Å². The molecule has 0 saturated carbocycles. The maximum atomic E-state index is 12.9. The van der Waals surface area contributed by atoms with Gasteiger partial charge in [0.05, 0.1) is 6.54 Å². The molecule has 31 heavy (non-hydrogen) atoms. The standard InChI is InChI=1S/C20H21F3N6O2/c1-12(30)26-13-3-2-4-14(5-13)27-19(31)10-29-15-6-16(29)9-28(8-15)18-7-17(20(21,22)23)24-11-25-18/h2-5,7,11,15-16H,6,8-10H2,1H3,(H,26,30)(H,27,31). The number of carbonyl (C=O) groups excluding carboxylic acids is 2. The first kappa shape index (κ1) is 21.0. The highest BCUT2D eigenvalue weighted by atomic mass is 19.4.